The monoisotopic (exact) mass is 285 g/mol. The van der Waals surface area contributed by atoms with Gasteiger partial charge in [-0.05, 0) is 48.4 Å². The lowest BCUT2D eigenvalue weighted by atomic mass is 10.1. The Bertz CT molecular complexity index is 593. The van der Waals surface area contributed by atoms with Gasteiger partial charge in [-0.1, -0.05) is 19.1 Å². The van der Waals surface area contributed by atoms with Gasteiger partial charge in [0, 0.05) is 12.2 Å². The lowest BCUT2D eigenvalue weighted by Gasteiger charge is -2.09. The van der Waals surface area contributed by atoms with Gasteiger partial charge in [-0.2, -0.15) is 0 Å². The Morgan fingerprint density at radius 2 is 1.95 bits per heavy atom. The quantitative estimate of drug-likeness (QED) is 0.765. The third-order valence-corrected chi connectivity index (χ3v) is 3.14. The summed E-state index contributed by atoms with van der Waals surface area (Å²) in [5, 5.41) is 12.1. The molecule has 2 rings (SSSR count). The Morgan fingerprint density at radius 3 is 2.62 bits per heavy atom. The van der Waals surface area contributed by atoms with Crippen LogP contribution in [0.2, 0.25) is 0 Å². The first-order chi connectivity index (χ1) is 10.2. The van der Waals surface area contributed by atoms with Crippen LogP contribution in [0.5, 0.6) is 5.75 Å². The van der Waals surface area contributed by atoms with Crippen LogP contribution in [-0.2, 0) is 6.42 Å². The number of ether oxygens (including phenoxy) is 1. The average molecular weight is 285 g/mol. The van der Waals surface area contributed by atoms with Gasteiger partial charge in [0.15, 0.2) is 0 Å². The number of aryl methyl sites for hydroxylation is 1. The minimum atomic E-state index is -0.931. The number of nitrogens with one attached hydrogen (secondary N) is 1. The predicted molar refractivity (Wildman–Crippen MR) is 83.2 cm³/mol. The van der Waals surface area contributed by atoms with Gasteiger partial charge in [0.25, 0.3) is 0 Å². The molecule has 2 aromatic rings. The van der Waals surface area contributed by atoms with E-state index in [0.29, 0.717) is 18.9 Å². The molecule has 0 spiro atoms. The molecule has 0 bridgehead atoms. The molecule has 0 amide bonds. The van der Waals surface area contributed by atoms with E-state index in [2.05, 4.69) is 24.4 Å². The largest absolute Gasteiger partial charge is 0.492 e. The van der Waals surface area contributed by atoms with E-state index >= 15 is 0 Å². The van der Waals surface area contributed by atoms with Crippen molar-refractivity contribution < 1.29 is 14.6 Å². The van der Waals surface area contributed by atoms with Crippen LogP contribution in [0.4, 0.5) is 5.69 Å². The number of hydrogen-bond donors (Lipinski definition) is 2. The first-order valence-corrected chi connectivity index (χ1v) is 6.98. The van der Waals surface area contributed by atoms with Gasteiger partial charge in [0.2, 0.25) is 0 Å². The summed E-state index contributed by atoms with van der Waals surface area (Å²) < 4.78 is 5.56. The fraction of sp³-hybridized carbons (Fsp3) is 0.235. The summed E-state index contributed by atoms with van der Waals surface area (Å²) in [7, 11) is 0. The molecule has 2 N–H and O–H groups in total. The van der Waals surface area contributed by atoms with Crippen LogP contribution in [0, 0.1) is 0 Å². The lowest BCUT2D eigenvalue weighted by molar-refractivity contribution is 0.0697. The van der Waals surface area contributed by atoms with Crippen LogP contribution in [0.15, 0.2) is 48.5 Å². The molecular weight excluding hydrogens is 266 g/mol. The fourth-order valence-corrected chi connectivity index (χ4v) is 1.96. The van der Waals surface area contributed by atoms with Gasteiger partial charge in [-0.15, -0.1) is 0 Å². The Kier molecular flexibility index (Phi) is 5.21. The third kappa shape index (κ3) is 4.53. The van der Waals surface area contributed by atoms with Crippen molar-refractivity contribution in [1.82, 2.24) is 0 Å². The van der Waals surface area contributed by atoms with Crippen molar-refractivity contribution in [2.24, 2.45) is 0 Å². The summed E-state index contributed by atoms with van der Waals surface area (Å²) in [4.78, 5) is 10.7. The standard InChI is InChI=1S/C17H19NO3/c1-2-13-4-3-5-15(12-13)18-10-11-21-16-8-6-14(7-9-16)17(19)20/h3-9,12,18H,2,10-11H2,1H3,(H,19,20). The number of aromatic carboxylic acids is 1. The van der Waals surface area contributed by atoms with Crippen LogP contribution in [0.25, 0.3) is 0 Å². The normalized spacial score (nSPS) is 10.1. The number of carboxylic acid groups (broad SMARTS) is 1. The van der Waals surface area contributed by atoms with Crippen LogP contribution in [0.3, 0.4) is 0 Å². The number of hydrogen-bond acceptors (Lipinski definition) is 3. The van der Waals surface area contributed by atoms with Gasteiger partial charge < -0.3 is 15.2 Å². The van der Waals surface area contributed by atoms with Crippen LogP contribution >= 0.6 is 0 Å². The van der Waals surface area contributed by atoms with Gasteiger partial charge in [-0.3, -0.25) is 0 Å². The molecule has 0 fully saturated rings. The third-order valence-electron chi connectivity index (χ3n) is 3.14. The fourth-order valence-electron chi connectivity index (χ4n) is 1.96. The van der Waals surface area contributed by atoms with Crippen LogP contribution in [-0.4, -0.2) is 24.2 Å². The Morgan fingerprint density at radius 1 is 1.19 bits per heavy atom. The van der Waals surface area contributed by atoms with Crippen molar-refractivity contribution in [3.63, 3.8) is 0 Å². The Labute approximate surface area is 124 Å². The van der Waals surface area contributed by atoms with Crippen molar-refractivity contribution in [1.29, 1.82) is 0 Å². The van der Waals surface area contributed by atoms with Gasteiger partial charge >= 0.3 is 5.97 Å². The SMILES string of the molecule is CCc1cccc(NCCOc2ccc(C(=O)O)cc2)c1. The maximum atomic E-state index is 10.7. The summed E-state index contributed by atoms with van der Waals surface area (Å²) in [6.07, 6.45) is 1.02. The maximum Gasteiger partial charge on any atom is 0.335 e. The number of carbonyl (C=O) groups is 1. The predicted octanol–water partition coefficient (Wildman–Crippen LogP) is 3.44. The van der Waals surface area contributed by atoms with E-state index in [-0.39, 0.29) is 5.56 Å². The van der Waals surface area contributed by atoms with E-state index in [1.807, 2.05) is 12.1 Å². The zero-order valence-electron chi connectivity index (χ0n) is 12.0. The zero-order valence-corrected chi connectivity index (χ0v) is 12.0. The first kappa shape index (κ1) is 14.9. The second kappa shape index (κ2) is 7.33. The molecule has 0 saturated heterocycles. The van der Waals surface area contributed by atoms with Crippen molar-refractivity contribution in [3.8, 4) is 5.75 Å². The molecule has 0 saturated carbocycles. The summed E-state index contributed by atoms with van der Waals surface area (Å²) in [5.41, 5.74) is 2.64. The van der Waals surface area contributed by atoms with Crippen molar-refractivity contribution in [3.05, 3.63) is 59.7 Å². The molecule has 4 heteroatoms. The number of carboxylic acids is 1. The van der Waals surface area contributed by atoms with E-state index in [0.717, 1.165) is 12.1 Å². The molecular formula is C17H19NO3. The summed E-state index contributed by atoms with van der Waals surface area (Å²) >= 11 is 0. The maximum absolute atomic E-state index is 10.7. The van der Waals surface area contributed by atoms with Crippen LogP contribution in [0.1, 0.15) is 22.8 Å². The van der Waals surface area contributed by atoms with Gasteiger partial charge in [-0.25, -0.2) is 4.79 Å². The molecule has 0 aliphatic heterocycles. The second-order valence-corrected chi connectivity index (χ2v) is 4.66. The highest BCUT2D eigenvalue weighted by molar-refractivity contribution is 5.87. The highest BCUT2D eigenvalue weighted by Crippen LogP contribution is 2.13. The summed E-state index contributed by atoms with van der Waals surface area (Å²) in [5.74, 6) is -0.261. The van der Waals surface area contributed by atoms with E-state index < -0.39 is 5.97 Å². The molecule has 21 heavy (non-hydrogen) atoms. The van der Waals surface area contributed by atoms with E-state index in [9.17, 15) is 4.79 Å². The van der Waals surface area contributed by atoms with Crippen molar-refractivity contribution in [2.45, 2.75) is 13.3 Å². The van der Waals surface area contributed by atoms with Crippen molar-refractivity contribution in [2.75, 3.05) is 18.5 Å². The topological polar surface area (TPSA) is 58.6 Å². The Hall–Kier alpha value is -2.49. The average Bonchev–Trinajstić information content (AvgIpc) is 2.52. The molecule has 0 aliphatic carbocycles. The molecule has 0 heterocycles. The highest BCUT2D eigenvalue weighted by Gasteiger charge is 2.02. The Balaban J connectivity index is 1.77. The summed E-state index contributed by atoms with van der Waals surface area (Å²) in [6.45, 7) is 3.33. The number of rotatable bonds is 7. The molecule has 0 radical (unpaired) electrons. The zero-order chi connectivity index (χ0) is 15.1. The van der Waals surface area contributed by atoms with Crippen molar-refractivity contribution >= 4 is 11.7 Å². The van der Waals surface area contributed by atoms with Gasteiger partial charge in [0.05, 0.1) is 5.56 Å². The lowest BCUT2D eigenvalue weighted by Crippen LogP contribution is -2.11. The molecule has 0 unspecified atom stereocenters. The summed E-state index contributed by atoms with van der Waals surface area (Å²) in [6, 6.07) is 14.7. The van der Waals surface area contributed by atoms with Crippen LogP contribution < -0.4 is 10.1 Å². The molecule has 2 aromatic carbocycles. The van der Waals surface area contributed by atoms with E-state index in [1.165, 1.54) is 17.7 Å². The minimum Gasteiger partial charge on any atom is -0.492 e. The minimum absolute atomic E-state index is 0.261. The number of anilines is 1. The molecule has 0 atom stereocenters. The van der Waals surface area contributed by atoms with E-state index in [1.54, 1.807) is 12.1 Å². The van der Waals surface area contributed by atoms with Gasteiger partial charge in [0.1, 0.15) is 12.4 Å². The second-order valence-electron chi connectivity index (χ2n) is 4.66. The number of benzene rings is 2. The first-order valence-electron chi connectivity index (χ1n) is 6.98. The smallest absolute Gasteiger partial charge is 0.335 e. The highest BCUT2D eigenvalue weighted by atomic mass is 16.5. The molecule has 4 nitrogen and oxygen atoms in total. The molecule has 0 aromatic heterocycles. The molecule has 0 aliphatic rings. The molecule has 110 valence electrons. The van der Waals surface area contributed by atoms with E-state index in [4.69, 9.17) is 9.84 Å².